The van der Waals surface area contributed by atoms with Gasteiger partial charge in [-0.25, -0.2) is 14.8 Å². The van der Waals surface area contributed by atoms with Gasteiger partial charge in [0.2, 0.25) is 0 Å². The van der Waals surface area contributed by atoms with E-state index in [1.54, 1.807) is 12.1 Å². The van der Waals surface area contributed by atoms with Crippen LogP contribution in [-0.4, -0.2) is 57.3 Å². The fourth-order valence-electron chi connectivity index (χ4n) is 4.43. The van der Waals surface area contributed by atoms with Gasteiger partial charge in [-0.3, -0.25) is 20.1 Å². The zero-order valence-electron chi connectivity index (χ0n) is 18.8. The van der Waals surface area contributed by atoms with Crippen LogP contribution in [0.5, 0.6) is 0 Å². The predicted molar refractivity (Wildman–Crippen MR) is 124 cm³/mol. The molecule has 13 heteroatoms. The number of alkyl halides is 3. The number of hydrogen-bond donors (Lipinski definition) is 2. The highest BCUT2D eigenvalue weighted by Crippen LogP contribution is 2.42. The van der Waals surface area contributed by atoms with E-state index in [2.05, 4.69) is 25.5 Å². The Balaban J connectivity index is 1.48. The molecule has 9 nitrogen and oxygen atoms in total. The smallest absolute Gasteiger partial charge is 0.366 e. The minimum Gasteiger partial charge on any atom is -0.366 e. The number of Topliss-reactive ketones (excluding diaryl/α,β-unsaturated/α-hetero) is 1. The number of aromatic nitrogens is 4. The number of ketones is 1. The minimum absolute atomic E-state index is 0.0476. The third-order valence-corrected chi connectivity index (χ3v) is 6.64. The van der Waals surface area contributed by atoms with Crippen LogP contribution >= 0.6 is 11.6 Å². The van der Waals surface area contributed by atoms with Crippen molar-refractivity contribution in [3.05, 3.63) is 34.6 Å². The van der Waals surface area contributed by atoms with Gasteiger partial charge in [-0.1, -0.05) is 18.5 Å². The van der Waals surface area contributed by atoms with E-state index in [-0.39, 0.29) is 28.4 Å². The van der Waals surface area contributed by atoms with E-state index in [1.807, 2.05) is 11.8 Å². The molecule has 2 atom stereocenters. The summed E-state index contributed by atoms with van der Waals surface area (Å²) in [6.45, 7) is 3.95. The molecule has 2 aliphatic rings. The van der Waals surface area contributed by atoms with Crippen molar-refractivity contribution in [2.45, 2.75) is 38.9 Å². The molecule has 2 amide bonds. The van der Waals surface area contributed by atoms with Gasteiger partial charge in [0.05, 0.1) is 28.1 Å². The summed E-state index contributed by atoms with van der Waals surface area (Å²) in [6, 6.07) is 4.31. The van der Waals surface area contributed by atoms with Crippen molar-refractivity contribution in [2.24, 2.45) is 5.92 Å². The molecule has 0 radical (unpaired) electrons. The first-order valence-electron chi connectivity index (χ1n) is 11.0. The average Bonchev–Trinajstić information content (AvgIpc) is 3.38. The number of urea groups is 1. The van der Waals surface area contributed by atoms with Crippen LogP contribution < -0.4 is 15.1 Å². The van der Waals surface area contributed by atoms with E-state index < -0.39 is 30.3 Å². The van der Waals surface area contributed by atoms with Crippen LogP contribution in [-0.2, 0) is 0 Å². The normalized spacial score (nSPS) is 18.1. The van der Waals surface area contributed by atoms with E-state index in [0.29, 0.717) is 36.2 Å². The number of amides is 2. The summed E-state index contributed by atoms with van der Waals surface area (Å²) < 4.78 is 39.0. The van der Waals surface area contributed by atoms with Gasteiger partial charge in [-0.15, -0.1) is 0 Å². The maximum absolute atomic E-state index is 13.4. The van der Waals surface area contributed by atoms with Crippen molar-refractivity contribution in [1.29, 1.82) is 0 Å². The lowest BCUT2D eigenvalue weighted by Gasteiger charge is -2.36. The van der Waals surface area contributed by atoms with Crippen molar-refractivity contribution in [3.63, 3.8) is 0 Å². The highest BCUT2D eigenvalue weighted by Gasteiger charge is 2.42. The van der Waals surface area contributed by atoms with Crippen LogP contribution in [0.15, 0.2) is 18.2 Å². The summed E-state index contributed by atoms with van der Waals surface area (Å²) in [5, 5.41) is 10.3. The standard InChI is InChI=1S/C22H21ClF3N7O2/c1-10(22(24,25)26)7-16(34)17-14(23)8-15-20(28-17)33(12-5-6-32(15)9-12)21(35)29-19-13-4-3-11(2)27-18(13)30-31-19/h3-4,8,10,12H,5-7,9H2,1-2H3,(H2,27,29,30,31,35)/t10-,12-/m0/s1. The number of H-pyrrole nitrogens is 1. The van der Waals surface area contributed by atoms with Gasteiger partial charge in [0.15, 0.2) is 23.1 Å². The molecule has 0 unspecified atom stereocenters. The zero-order chi connectivity index (χ0) is 25.1. The van der Waals surface area contributed by atoms with E-state index in [0.717, 1.165) is 12.6 Å². The largest absolute Gasteiger partial charge is 0.391 e. The Kier molecular flexibility index (Phi) is 5.58. The first-order chi connectivity index (χ1) is 16.5. The number of aromatic amines is 1. The maximum atomic E-state index is 13.4. The summed E-state index contributed by atoms with van der Waals surface area (Å²) >= 11 is 6.28. The van der Waals surface area contributed by atoms with Gasteiger partial charge < -0.3 is 4.90 Å². The maximum Gasteiger partial charge on any atom is 0.391 e. The number of aryl methyl sites for hydroxylation is 1. The van der Waals surface area contributed by atoms with Crippen LogP contribution in [0.1, 0.15) is 35.9 Å². The molecule has 0 spiro atoms. The topological polar surface area (TPSA) is 107 Å². The molecule has 0 saturated carbocycles. The lowest BCUT2D eigenvalue weighted by atomic mass is 10.0. The highest BCUT2D eigenvalue weighted by molar-refractivity contribution is 6.34. The molecule has 2 N–H and O–H groups in total. The minimum atomic E-state index is -4.52. The fraction of sp³-hybridized carbons (Fsp3) is 0.409. The molecular formula is C22H21ClF3N7O2. The first-order valence-corrected chi connectivity index (χ1v) is 11.4. The van der Waals surface area contributed by atoms with Crippen molar-refractivity contribution in [1.82, 2.24) is 20.2 Å². The molecule has 184 valence electrons. The van der Waals surface area contributed by atoms with Gasteiger partial charge in [-0.05, 0) is 31.5 Å². The molecule has 0 aromatic carbocycles. The Morgan fingerprint density at radius 3 is 2.83 bits per heavy atom. The Morgan fingerprint density at radius 2 is 2.09 bits per heavy atom. The van der Waals surface area contributed by atoms with Crippen molar-refractivity contribution in [3.8, 4) is 0 Å². The predicted octanol–water partition coefficient (Wildman–Crippen LogP) is 4.72. The summed E-state index contributed by atoms with van der Waals surface area (Å²) in [4.78, 5) is 38.2. The van der Waals surface area contributed by atoms with Crippen LogP contribution in [0.2, 0.25) is 5.02 Å². The van der Waals surface area contributed by atoms with Crippen molar-refractivity contribution in [2.75, 3.05) is 28.2 Å². The number of hydrogen-bond acceptors (Lipinski definition) is 6. The molecule has 5 rings (SSSR count). The third kappa shape index (κ3) is 4.15. The van der Waals surface area contributed by atoms with Gasteiger partial charge in [0.25, 0.3) is 0 Å². The number of pyridine rings is 2. The van der Waals surface area contributed by atoms with Gasteiger partial charge in [-0.2, -0.15) is 18.3 Å². The molecule has 2 bridgehead atoms. The number of halogens is 4. The third-order valence-electron chi connectivity index (χ3n) is 6.36. The molecule has 2 aliphatic heterocycles. The second-order valence-electron chi connectivity index (χ2n) is 8.84. The lowest BCUT2D eigenvalue weighted by molar-refractivity contribution is -0.168. The van der Waals surface area contributed by atoms with Crippen LogP contribution in [0.4, 0.5) is 35.3 Å². The number of carbonyl (C=O) groups excluding carboxylic acids is 2. The number of nitrogens with zero attached hydrogens (tertiary/aromatic N) is 5. The Labute approximate surface area is 202 Å². The van der Waals surface area contributed by atoms with E-state index in [9.17, 15) is 22.8 Å². The zero-order valence-corrected chi connectivity index (χ0v) is 19.5. The first kappa shape index (κ1) is 23.3. The fourth-order valence-corrected chi connectivity index (χ4v) is 4.68. The summed E-state index contributed by atoms with van der Waals surface area (Å²) in [5.74, 6) is -2.23. The Morgan fingerprint density at radius 1 is 1.31 bits per heavy atom. The summed E-state index contributed by atoms with van der Waals surface area (Å²) in [7, 11) is 0. The second-order valence-corrected chi connectivity index (χ2v) is 9.25. The molecule has 0 aliphatic carbocycles. The van der Waals surface area contributed by atoms with E-state index in [4.69, 9.17) is 11.6 Å². The van der Waals surface area contributed by atoms with Gasteiger partial charge in [0.1, 0.15) is 5.69 Å². The number of rotatable bonds is 4. The van der Waals surface area contributed by atoms with Crippen molar-refractivity contribution < 1.29 is 22.8 Å². The number of fused-ring (bicyclic) bond motifs is 5. The molecule has 3 aromatic heterocycles. The monoisotopic (exact) mass is 507 g/mol. The quantitative estimate of drug-likeness (QED) is 0.495. The van der Waals surface area contributed by atoms with Crippen LogP contribution in [0, 0.1) is 12.8 Å². The average molecular weight is 508 g/mol. The van der Waals surface area contributed by atoms with E-state index in [1.165, 1.54) is 11.0 Å². The van der Waals surface area contributed by atoms with Gasteiger partial charge in [0, 0.05) is 25.2 Å². The lowest BCUT2D eigenvalue weighted by Crippen LogP contribution is -2.48. The Bertz CT molecular complexity index is 1340. The number of carbonyl (C=O) groups is 2. The van der Waals surface area contributed by atoms with Crippen LogP contribution in [0.25, 0.3) is 11.0 Å². The summed E-state index contributed by atoms with van der Waals surface area (Å²) in [5.41, 5.74) is 1.56. The summed E-state index contributed by atoms with van der Waals surface area (Å²) in [6.07, 6.45) is -4.66. The molecular weight excluding hydrogens is 487 g/mol. The van der Waals surface area contributed by atoms with Crippen LogP contribution in [0.3, 0.4) is 0 Å². The van der Waals surface area contributed by atoms with E-state index >= 15 is 0 Å². The molecule has 1 fully saturated rings. The second kappa shape index (κ2) is 8.36. The highest BCUT2D eigenvalue weighted by atomic mass is 35.5. The van der Waals surface area contributed by atoms with Crippen molar-refractivity contribution >= 4 is 51.8 Å². The molecule has 3 aromatic rings. The van der Waals surface area contributed by atoms with Gasteiger partial charge >= 0.3 is 12.2 Å². The molecule has 1 saturated heterocycles. The molecule has 5 heterocycles. The number of anilines is 3. The SMILES string of the molecule is Cc1ccc2c(NC(=O)N3c4nc(C(=O)C[C@H](C)C(F)(F)F)c(Cl)cc4N4CC[C@H]3C4)n[nH]c2n1. The Hall–Kier alpha value is -3.41. The molecule has 35 heavy (non-hydrogen) atoms. The number of nitrogens with one attached hydrogen (secondary N) is 2.